The Kier molecular flexibility index (Phi) is 7.23. The zero-order valence-corrected chi connectivity index (χ0v) is 16.4. The average molecular weight is 502 g/mol. The zero-order chi connectivity index (χ0) is 25.2. The van der Waals surface area contributed by atoms with Crippen LogP contribution in [-0.4, -0.2) is 5.91 Å². The van der Waals surface area contributed by atoms with Gasteiger partial charge in [-0.05, 0) is 36.4 Å². The minimum absolute atomic E-state index is 0.119. The van der Waals surface area contributed by atoms with E-state index >= 15 is 0 Å². The van der Waals surface area contributed by atoms with Crippen LogP contribution in [0.3, 0.4) is 0 Å². The van der Waals surface area contributed by atoms with Crippen molar-refractivity contribution in [1.82, 2.24) is 0 Å². The quantitative estimate of drug-likeness (QED) is 0.273. The molecule has 0 atom stereocenters. The first-order valence-corrected chi connectivity index (χ1v) is 8.74. The van der Waals surface area contributed by atoms with Crippen molar-refractivity contribution in [3.8, 4) is 6.07 Å². The Morgan fingerprint density at radius 2 is 1.39 bits per heavy atom. The molecule has 0 fully saturated rings. The fraction of sp³-hybridized carbons (Fsp3) is 0.158. The highest BCUT2D eigenvalue weighted by atomic mass is 35.5. The minimum atomic E-state index is -5.12. The van der Waals surface area contributed by atoms with Gasteiger partial charge in [-0.1, -0.05) is 11.6 Å². The van der Waals surface area contributed by atoms with Crippen LogP contribution < -0.4 is 10.6 Å². The zero-order valence-electron chi connectivity index (χ0n) is 15.7. The first kappa shape index (κ1) is 25.9. The van der Waals surface area contributed by atoms with E-state index in [0.717, 1.165) is 12.1 Å². The molecule has 0 bridgehead atoms. The van der Waals surface area contributed by atoms with Crippen molar-refractivity contribution >= 4 is 28.9 Å². The Balaban J connectivity index is 2.32. The summed E-state index contributed by atoms with van der Waals surface area (Å²) in [6.07, 6.45) is -14.6. The van der Waals surface area contributed by atoms with Crippen LogP contribution in [0, 0.1) is 11.3 Å². The van der Waals surface area contributed by atoms with Gasteiger partial charge in [0.25, 0.3) is 5.91 Å². The van der Waals surface area contributed by atoms with Gasteiger partial charge in [0.05, 0.1) is 21.7 Å². The summed E-state index contributed by atoms with van der Waals surface area (Å²) in [7, 11) is 0. The van der Waals surface area contributed by atoms with Gasteiger partial charge in [0.15, 0.2) is 0 Å². The first-order valence-electron chi connectivity index (χ1n) is 8.36. The highest BCUT2D eigenvalue weighted by Crippen LogP contribution is 2.38. The molecule has 1 amide bonds. The maximum atomic E-state index is 12.9. The van der Waals surface area contributed by atoms with Gasteiger partial charge >= 0.3 is 18.5 Å². The number of carbonyl (C=O) groups excluding carboxylic acids is 1. The van der Waals surface area contributed by atoms with E-state index in [0.29, 0.717) is 24.4 Å². The number of nitrogens with zero attached hydrogens (tertiary/aromatic N) is 1. The van der Waals surface area contributed by atoms with Gasteiger partial charge in [0.1, 0.15) is 11.6 Å². The van der Waals surface area contributed by atoms with Crippen LogP contribution in [0.25, 0.3) is 0 Å². The molecule has 14 heteroatoms. The molecular weight excluding hydrogens is 493 g/mol. The molecule has 0 radical (unpaired) electrons. The third-order valence-corrected chi connectivity index (χ3v) is 4.20. The van der Waals surface area contributed by atoms with Gasteiger partial charge in [-0.3, -0.25) is 4.79 Å². The van der Waals surface area contributed by atoms with Crippen LogP contribution in [0.4, 0.5) is 50.9 Å². The van der Waals surface area contributed by atoms with Crippen molar-refractivity contribution in [2.45, 2.75) is 18.5 Å². The van der Waals surface area contributed by atoms with Gasteiger partial charge in [0, 0.05) is 17.6 Å². The third kappa shape index (κ3) is 6.79. The standard InChI is InChI=1S/C19H9ClF9N3O/c20-15-2-1-12(6-14(15)19(27,28)29)32-16(33)9(7-30)8-31-13-4-10(17(21,22)23)3-11(5-13)18(24,25)26/h1-6,8,31H,(H,32,33)/b9-8-. The number of hydrogen-bond donors (Lipinski definition) is 2. The second kappa shape index (κ2) is 9.22. The van der Waals surface area contributed by atoms with Gasteiger partial charge in [-0.2, -0.15) is 44.8 Å². The predicted molar refractivity (Wildman–Crippen MR) is 98.8 cm³/mol. The van der Waals surface area contributed by atoms with E-state index in [4.69, 9.17) is 16.9 Å². The van der Waals surface area contributed by atoms with E-state index in [2.05, 4.69) is 0 Å². The van der Waals surface area contributed by atoms with E-state index < -0.39 is 63.1 Å². The second-order valence-corrected chi connectivity index (χ2v) is 6.66. The molecule has 0 spiro atoms. The fourth-order valence-corrected chi connectivity index (χ4v) is 2.59. The molecule has 2 aromatic rings. The lowest BCUT2D eigenvalue weighted by molar-refractivity contribution is -0.143. The fourth-order valence-electron chi connectivity index (χ4n) is 2.36. The summed E-state index contributed by atoms with van der Waals surface area (Å²) in [5.74, 6) is -1.29. The number of nitrogens with one attached hydrogen (secondary N) is 2. The molecule has 0 aliphatic rings. The van der Waals surface area contributed by atoms with Gasteiger partial charge < -0.3 is 10.6 Å². The molecule has 0 heterocycles. The maximum absolute atomic E-state index is 12.9. The van der Waals surface area contributed by atoms with Crippen molar-refractivity contribution in [3.05, 3.63) is 69.9 Å². The topological polar surface area (TPSA) is 64.9 Å². The van der Waals surface area contributed by atoms with Crippen LogP contribution in [0.15, 0.2) is 48.2 Å². The third-order valence-electron chi connectivity index (χ3n) is 3.87. The Morgan fingerprint density at radius 3 is 1.85 bits per heavy atom. The van der Waals surface area contributed by atoms with E-state index in [1.807, 2.05) is 10.6 Å². The Hall–Kier alpha value is -3.40. The van der Waals surface area contributed by atoms with Crippen LogP contribution >= 0.6 is 11.6 Å². The normalized spacial score (nSPS) is 12.8. The number of nitriles is 1. The lowest BCUT2D eigenvalue weighted by atomic mass is 10.1. The van der Waals surface area contributed by atoms with E-state index in [1.54, 1.807) is 0 Å². The van der Waals surface area contributed by atoms with Crippen molar-refractivity contribution in [2.24, 2.45) is 0 Å². The van der Waals surface area contributed by atoms with Crippen molar-refractivity contribution in [1.29, 1.82) is 5.26 Å². The molecule has 0 aromatic heterocycles. The summed E-state index contributed by atoms with van der Waals surface area (Å²) >= 11 is 5.45. The molecule has 0 saturated heterocycles. The summed E-state index contributed by atoms with van der Waals surface area (Å²) in [5.41, 5.74) is -6.59. The summed E-state index contributed by atoms with van der Waals surface area (Å²) in [5, 5.41) is 12.3. The van der Waals surface area contributed by atoms with Gasteiger partial charge in [0.2, 0.25) is 0 Å². The Labute approximate surface area is 184 Å². The molecule has 0 unspecified atom stereocenters. The summed E-state index contributed by atoms with van der Waals surface area (Å²) in [6.45, 7) is 0. The van der Waals surface area contributed by atoms with E-state index in [9.17, 15) is 44.3 Å². The monoisotopic (exact) mass is 501 g/mol. The summed E-state index contributed by atoms with van der Waals surface area (Å²) in [6, 6.07) is 4.13. The molecule has 2 N–H and O–H groups in total. The molecule has 2 rings (SSSR count). The van der Waals surface area contributed by atoms with Crippen LogP contribution in [0.2, 0.25) is 5.02 Å². The maximum Gasteiger partial charge on any atom is 0.417 e. The average Bonchev–Trinajstić information content (AvgIpc) is 2.67. The lowest BCUT2D eigenvalue weighted by Gasteiger charge is -2.14. The number of hydrogen-bond acceptors (Lipinski definition) is 3. The largest absolute Gasteiger partial charge is 0.417 e. The van der Waals surface area contributed by atoms with Crippen molar-refractivity contribution in [3.63, 3.8) is 0 Å². The highest BCUT2D eigenvalue weighted by Gasteiger charge is 2.37. The number of halogens is 10. The smallest absolute Gasteiger partial charge is 0.360 e. The molecular formula is C19H9ClF9N3O. The Bertz CT molecular complexity index is 1100. The van der Waals surface area contributed by atoms with Crippen LogP contribution in [0.5, 0.6) is 0 Å². The molecule has 4 nitrogen and oxygen atoms in total. The second-order valence-electron chi connectivity index (χ2n) is 6.26. The van der Waals surface area contributed by atoms with E-state index in [-0.39, 0.29) is 6.07 Å². The van der Waals surface area contributed by atoms with Gasteiger partial charge in [-0.15, -0.1) is 0 Å². The molecule has 176 valence electrons. The number of amides is 1. The molecule has 0 aliphatic heterocycles. The SMILES string of the molecule is N#C/C(=C/Nc1cc(C(F)(F)F)cc(C(F)(F)F)c1)C(=O)Nc1ccc(Cl)c(C(F)(F)F)c1. The number of benzene rings is 2. The number of carbonyl (C=O) groups is 1. The highest BCUT2D eigenvalue weighted by molar-refractivity contribution is 6.31. The number of alkyl halides is 9. The van der Waals surface area contributed by atoms with Crippen molar-refractivity contribution < 1.29 is 44.3 Å². The van der Waals surface area contributed by atoms with Crippen LogP contribution in [-0.2, 0) is 23.3 Å². The number of anilines is 2. The minimum Gasteiger partial charge on any atom is -0.360 e. The molecule has 2 aromatic carbocycles. The number of rotatable bonds is 4. The predicted octanol–water partition coefficient (Wildman–Crippen LogP) is 6.85. The van der Waals surface area contributed by atoms with Gasteiger partial charge in [-0.25, -0.2) is 0 Å². The molecule has 0 aliphatic carbocycles. The van der Waals surface area contributed by atoms with E-state index in [1.165, 1.54) is 6.07 Å². The summed E-state index contributed by atoms with van der Waals surface area (Å²) < 4.78 is 116. The molecule has 0 saturated carbocycles. The lowest BCUT2D eigenvalue weighted by Crippen LogP contribution is -2.16. The van der Waals surface area contributed by atoms with Crippen molar-refractivity contribution in [2.75, 3.05) is 10.6 Å². The summed E-state index contributed by atoms with van der Waals surface area (Å²) in [4.78, 5) is 12.1. The van der Waals surface area contributed by atoms with Crippen LogP contribution in [0.1, 0.15) is 16.7 Å². The first-order chi connectivity index (χ1) is 15.0. The Morgan fingerprint density at radius 1 is 0.848 bits per heavy atom. The molecule has 33 heavy (non-hydrogen) atoms.